The first-order valence-electron chi connectivity index (χ1n) is 9.79. The first-order chi connectivity index (χ1) is 13.9. The summed E-state index contributed by atoms with van der Waals surface area (Å²) in [5.74, 6) is 1.000. The molecule has 0 saturated carbocycles. The molecule has 0 aliphatic carbocycles. The summed E-state index contributed by atoms with van der Waals surface area (Å²) in [7, 11) is 0. The summed E-state index contributed by atoms with van der Waals surface area (Å²) in [6.45, 7) is 2.21. The van der Waals surface area contributed by atoms with Crippen LogP contribution in [0, 0.1) is 0 Å². The highest BCUT2D eigenvalue weighted by Crippen LogP contribution is 2.33. The van der Waals surface area contributed by atoms with Crippen LogP contribution in [0.25, 0.3) is 16.9 Å². The van der Waals surface area contributed by atoms with Gasteiger partial charge in [0.05, 0.1) is 5.52 Å². The van der Waals surface area contributed by atoms with Crippen LogP contribution in [0.15, 0.2) is 91.0 Å². The Morgan fingerprint density at radius 1 is 0.857 bits per heavy atom. The molecule has 0 aliphatic heterocycles. The molecular weight excluding hydrogens is 344 g/mol. The number of nitrogens with zero attached hydrogens (tertiary/aromatic N) is 4. The van der Waals surface area contributed by atoms with Crippen LogP contribution >= 0.6 is 0 Å². The van der Waals surface area contributed by atoms with Crippen molar-refractivity contribution in [2.75, 3.05) is 4.90 Å². The Balaban J connectivity index is 1.90. The largest absolute Gasteiger partial charge is 0.295 e. The van der Waals surface area contributed by atoms with Gasteiger partial charge in [-0.1, -0.05) is 67.1 Å². The molecule has 0 N–H and O–H groups in total. The number of hydrogen-bond donors (Lipinski definition) is 0. The van der Waals surface area contributed by atoms with Gasteiger partial charge in [0, 0.05) is 11.4 Å². The van der Waals surface area contributed by atoms with Crippen LogP contribution in [0.2, 0.25) is 0 Å². The van der Waals surface area contributed by atoms with Crippen molar-refractivity contribution < 1.29 is 0 Å². The summed E-state index contributed by atoms with van der Waals surface area (Å²) in [5, 5.41) is 8.89. The van der Waals surface area contributed by atoms with Crippen molar-refractivity contribution in [1.29, 1.82) is 0 Å². The number of para-hydroxylation sites is 3. The Bertz CT molecular complexity index is 1010. The minimum atomic E-state index is 0.893. The number of hydrogen-bond acceptors (Lipinski definition) is 3. The number of fused-ring (bicyclic) bond motifs is 1. The fraction of sp³-hybridized carbons (Fsp3) is 0.167. The molecule has 3 aromatic carbocycles. The molecule has 0 radical (unpaired) electrons. The Hall–Kier alpha value is -3.40. The Morgan fingerprint density at radius 3 is 2.11 bits per heavy atom. The van der Waals surface area contributed by atoms with Gasteiger partial charge in [0.25, 0.3) is 0 Å². The van der Waals surface area contributed by atoms with Gasteiger partial charge in [-0.25, -0.2) is 0 Å². The molecule has 4 aromatic rings. The van der Waals surface area contributed by atoms with E-state index in [9.17, 15) is 0 Å². The smallest absolute Gasteiger partial charge is 0.137 e. The van der Waals surface area contributed by atoms with E-state index in [4.69, 9.17) is 0 Å². The third-order valence-electron chi connectivity index (χ3n) is 4.71. The van der Waals surface area contributed by atoms with E-state index in [1.54, 1.807) is 0 Å². The molecule has 4 heteroatoms. The molecule has 1 heterocycles. The lowest BCUT2D eigenvalue weighted by Gasteiger charge is -2.28. The lowest BCUT2D eigenvalue weighted by Crippen LogP contribution is -2.21. The van der Waals surface area contributed by atoms with Gasteiger partial charge in [-0.2, -0.15) is 4.68 Å². The minimum Gasteiger partial charge on any atom is -0.295 e. The highest BCUT2D eigenvalue weighted by Gasteiger charge is 2.19. The molecule has 0 atom stereocenters. The Labute approximate surface area is 165 Å². The normalized spacial score (nSPS) is 11.7. The maximum atomic E-state index is 4.50. The number of anilines is 2. The number of unbranched alkanes of at least 4 members (excludes halogenated alkanes) is 2. The minimum absolute atomic E-state index is 0.893. The standard InChI is InChI=1S/C24H24N4/c1-2-3-6-19-24(28-23-18-12-11-17-22(23)25-26-28)27(20-13-7-4-8-14-20)21-15-9-5-10-16-21/h4-5,7-19H,2-3,6H2,1H3/b24-19+. The molecule has 0 fully saturated rings. The Morgan fingerprint density at radius 2 is 1.46 bits per heavy atom. The predicted octanol–water partition coefficient (Wildman–Crippen LogP) is 6.26. The van der Waals surface area contributed by atoms with E-state index in [0.717, 1.165) is 47.5 Å². The van der Waals surface area contributed by atoms with Crippen molar-refractivity contribution in [3.63, 3.8) is 0 Å². The van der Waals surface area contributed by atoms with Gasteiger partial charge >= 0.3 is 0 Å². The van der Waals surface area contributed by atoms with Gasteiger partial charge in [0.2, 0.25) is 0 Å². The summed E-state index contributed by atoms with van der Waals surface area (Å²) >= 11 is 0. The maximum absolute atomic E-state index is 4.50. The summed E-state index contributed by atoms with van der Waals surface area (Å²) in [6.07, 6.45) is 5.53. The molecular formula is C24H24N4. The molecule has 0 saturated heterocycles. The van der Waals surface area contributed by atoms with Gasteiger partial charge in [-0.05, 0) is 55.3 Å². The fourth-order valence-corrected chi connectivity index (χ4v) is 3.31. The van der Waals surface area contributed by atoms with Crippen LogP contribution in [0.3, 0.4) is 0 Å². The van der Waals surface area contributed by atoms with Crippen LogP contribution in [-0.4, -0.2) is 15.0 Å². The van der Waals surface area contributed by atoms with E-state index in [1.165, 1.54) is 0 Å². The summed E-state index contributed by atoms with van der Waals surface area (Å²) in [4.78, 5) is 2.25. The maximum Gasteiger partial charge on any atom is 0.137 e. The quantitative estimate of drug-likeness (QED) is 0.361. The average molecular weight is 368 g/mol. The molecule has 0 unspecified atom stereocenters. The van der Waals surface area contributed by atoms with Crippen LogP contribution in [-0.2, 0) is 0 Å². The van der Waals surface area contributed by atoms with Gasteiger partial charge < -0.3 is 0 Å². The van der Waals surface area contributed by atoms with Gasteiger partial charge in [0.1, 0.15) is 11.3 Å². The van der Waals surface area contributed by atoms with E-state index < -0.39 is 0 Å². The number of benzene rings is 3. The second-order valence-electron chi connectivity index (χ2n) is 6.70. The zero-order valence-corrected chi connectivity index (χ0v) is 16.1. The van der Waals surface area contributed by atoms with Crippen LogP contribution in [0.1, 0.15) is 26.2 Å². The van der Waals surface area contributed by atoms with E-state index in [2.05, 4.69) is 82.8 Å². The van der Waals surface area contributed by atoms with E-state index in [-0.39, 0.29) is 0 Å². The zero-order chi connectivity index (χ0) is 19.2. The second kappa shape index (κ2) is 8.53. The molecule has 4 nitrogen and oxygen atoms in total. The number of rotatable bonds is 7. The highest BCUT2D eigenvalue weighted by atomic mass is 15.5. The summed E-state index contributed by atoms with van der Waals surface area (Å²) in [6, 6.07) is 28.9. The summed E-state index contributed by atoms with van der Waals surface area (Å²) in [5.41, 5.74) is 4.08. The molecule has 140 valence electrons. The van der Waals surface area contributed by atoms with Crippen molar-refractivity contribution in [3.8, 4) is 0 Å². The summed E-state index contributed by atoms with van der Waals surface area (Å²) < 4.78 is 1.95. The first kappa shape index (κ1) is 18.0. The molecule has 1 aromatic heterocycles. The number of aromatic nitrogens is 3. The third kappa shape index (κ3) is 3.67. The van der Waals surface area contributed by atoms with Crippen LogP contribution in [0.4, 0.5) is 11.4 Å². The van der Waals surface area contributed by atoms with E-state index >= 15 is 0 Å². The monoisotopic (exact) mass is 368 g/mol. The van der Waals surface area contributed by atoms with Crippen molar-refractivity contribution in [3.05, 3.63) is 91.0 Å². The first-order valence-corrected chi connectivity index (χ1v) is 9.79. The predicted molar refractivity (Wildman–Crippen MR) is 116 cm³/mol. The molecule has 0 amide bonds. The SMILES string of the molecule is CCCC/C=C(\N(c1ccccc1)c1ccccc1)n1nnc2ccccc21. The van der Waals surface area contributed by atoms with Crippen molar-refractivity contribution in [2.45, 2.75) is 26.2 Å². The average Bonchev–Trinajstić information content (AvgIpc) is 3.18. The molecule has 0 bridgehead atoms. The molecule has 0 aliphatic rings. The van der Waals surface area contributed by atoms with Gasteiger partial charge in [-0.15, -0.1) is 5.10 Å². The van der Waals surface area contributed by atoms with Gasteiger partial charge in [0.15, 0.2) is 0 Å². The zero-order valence-electron chi connectivity index (χ0n) is 16.1. The third-order valence-corrected chi connectivity index (χ3v) is 4.71. The van der Waals surface area contributed by atoms with Crippen LogP contribution < -0.4 is 4.90 Å². The molecule has 0 spiro atoms. The second-order valence-corrected chi connectivity index (χ2v) is 6.70. The van der Waals surface area contributed by atoms with E-state index in [0.29, 0.717) is 0 Å². The number of allylic oxidation sites excluding steroid dienone is 1. The van der Waals surface area contributed by atoms with Crippen molar-refractivity contribution in [2.24, 2.45) is 0 Å². The highest BCUT2D eigenvalue weighted by molar-refractivity contribution is 5.85. The molecule has 4 rings (SSSR count). The molecule has 28 heavy (non-hydrogen) atoms. The van der Waals surface area contributed by atoms with E-state index in [1.807, 2.05) is 35.0 Å². The lowest BCUT2D eigenvalue weighted by atomic mass is 10.2. The Kier molecular flexibility index (Phi) is 5.48. The topological polar surface area (TPSA) is 34.0 Å². The lowest BCUT2D eigenvalue weighted by molar-refractivity contribution is 0.790. The van der Waals surface area contributed by atoms with Crippen LogP contribution in [0.5, 0.6) is 0 Å². The van der Waals surface area contributed by atoms with Gasteiger partial charge in [-0.3, -0.25) is 4.90 Å². The van der Waals surface area contributed by atoms with Crippen molar-refractivity contribution in [1.82, 2.24) is 15.0 Å². The fourth-order valence-electron chi connectivity index (χ4n) is 3.31. The van der Waals surface area contributed by atoms with Crippen molar-refractivity contribution >= 4 is 28.2 Å².